The zero-order valence-corrected chi connectivity index (χ0v) is 11.4. The molecule has 1 aromatic heterocycles. The molecule has 2 heterocycles. The van der Waals surface area contributed by atoms with Gasteiger partial charge in [-0.3, -0.25) is 4.79 Å². The van der Waals surface area contributed by atoms with Crippen LogP contribution in [0.15, 0.2) is 12.4 Å². The Hall–Kier alpha value is -1.69. The third-order valence-electron chi connectivity index (χ3n) is 3.24. The largest absolute Gasteiger partial charge is 0.376 e. The normalized spacial score (nSPS) is 18.3. The van der Waals surface area contributed by atoms with E-state index in [4.69, 9.17) is 4.74 Å². The number of likely N-dealkylation sites (N-methyl/N-ethyl adjacent to an activating group) is 1. The van der Waals surface area contributed by atoms with Crippen LogP contribution in [0.3, 0.4) is 0 Å². The highest BCUT2D eigenvalue weighted by Crippen LogP contribution is 2.14. The molecule has 0 aliphatic carbocycles. The molecule has 1 atom stereocenters. The molecular formula is C13H20N4O2. The van der Waals surface area contributed by atoms with Crippen molar-refractivity contribution in [3.63, 3.8) is 0 Å². The van der Waals surface area contributed by atoms with E-state index in [0.717, 1.165) is 19.4 Å². The van der Waals surface area contributed by atoms with Crippen molar-refractivity contribution in [2.45, 2.75) is 25.9 Å². The van der Waals surface area contributed by atoms with Crippen LogP contribution >= 0.6 is 0 Å². The summed E-state index contributed by atoms with van der Waals surface area (Å²) in [5.74, 6) is 0.562. The predicted octanol–water partition coefficient (Wildman–Crippen LogP) is 1.16. The molecule has 19 heavy (non-hydrogen) atoms. The van der Waals surface area contributed by atoms with E-state index in [0.29, 0.717) is 24.6 Å². The van der Waals surface area contributed by atoms with Gasteiger partial charge >= 0.3 is 0 Å². The summed E-state index contributed by atoms with van der Waals surface area (Å²) in [6.45, 7) is 4.04. The highest BCUT2D eigenvalue weighted by Gasteiger charge is 2.23. The number of aromatic nitrogens is 2. The summed E-state index contributed by atoms with van der Waals surface area (Å²) in [7, 11) is 1.77. The number of nitrogens with one attached hydrogen (secondary N) is 1. The molecule has 1 aromatic rings. The first-order chi connectivity index (χ1) is 9.24. The Morgan fingerprint density at radius 2 is 2.37 bits per heavy atom. The second-order valence-electron chi connectivity index (χ2n) is 4.52. The van der Waals surface area contributed by atoms with Crippen LogP contribution in [0.25, 0.3) is 0 Å². The molecular weight excluding hydrogens is 244 g/mol. The Kier molecular flexibility index (Phi) is 4.68. The van der Waals surface area contributed by atoms with Gasteiger partial charge in [0.2, 0.25) is 0 Å². The lowest BCUT2D eigenvalue weighted by Crippen LogP contribution is -2.37. The molecule has 0 saturated carbocycles. The molecule has 1 amide bonds. The molecule has 1 aliphatic rings. The predicted molar refractivity (Wildman–Crippen MR) is 72.1 cm³/mol. The average Bonchev–Trinajstić information content (AvgIpc) is 2.97. The van der Waals surface area contributed by atoms with Crippen LogP contribution in [0.4, 0.5) is 5.82 Å². The second-order valence-corrected chi connectivity index (χ2v) is 4.52. The Morgan fingerprint density at radius 3 is 2.89 bits per heavy atom. The van der Waals surface area contributed by atoms with Crippen LogP contribution < -0.4 is 5.32 Å². The van der Waals surface area contributed by atoms with Crippen LogP contribution in [-0.2, 0) is 4.74 Å². The number of amides is 1. The Labute approximate surface area is 113 Å². The van der Waals surface area contributed by atoms with Gasteiger partial charge in [-0.1, -0.05) is 0 Å². The van der Waals surface area contributed by atoms with E-state index in [-0.39, 0.29) is 12.0 Å². The van der Waals surface area contributed by atoms with E-state index in [1.54, 1.807) is 18.1 Å². The lowest BCUT2D eigenvalue weighted by molar-refractivity contribution is 0.0534. The van der Waals surface area contributed by atoms with Gasteiger partial charge in [0.15, 0.2) is 0 Å². The van der Waals surface area contributed by atoms with E-state index in [9.17, 15) is 4.79 Å². The number of rotatable bonds is 5. The van der Waals surface area contributed by atoms with Crippen LogP contribution in [0.2, 0.25) is 0 Å². The summed E-state index contributed by atoms with van der Waals surface area (Å²) < 4.78 is 5.57. The molecule has 1 fully saturated rings. The van der Waals surface area contributed by atoms with Crippen molar-refractivity contribution in [2.75, 3.05) is 32.1 Å². The zero-order chi connectivity index (χ0) is 13.7. The smallest absolute Gasteiger partial charge is 0.274 e. The summed E-state index contributed by atoms with van der Waals surface area (Å²) in [6.07, 6.45) is 5.33. The fraction of sp³-hybridized carbons (Fsp3) is 0.615. The summed E-state index contributed by atoms with van der Waals surface area (Å²) in [6, 6.07) is 0. The number of hydrogen-bond donors (Lipinski definition) is 1. The maximum atomic E-state index is 12.3. The minimum absolute atomic E-state index is 0.0897. The summed E-state index contributed by atoms with van der Waals surface area (Å²) in [5.41, 5.74) is 0.374. The van der Waals surface area contributed by atoms with Crippen molar-refractivity contribution in [3.05, 3.63) is 18.1 Å². The van der Waals surface area contributed by atoms with E-state index in [1.807, 2.05) is 6.92 Å². The fourth-order valence-corrected chi connectivity index (χ4v) is 2.12. The Bertz CT molecular complexity index is 415. The van der Waals surface area contributed by atoms with Crippen molar-refractivity contribution >= 4 is 11.7 Å². The number of hydrogen-bond acceptors (Lipinski definition) is 5. The molecule has 0 spiro atoms. The first-order valence-corrected chi connectivity index (χ1v) is 6.65. The molecule has 1 saturated heterocycles. The van der Waals surface area contributed by atoms with Gasteiger partial charge in [0.25, 0.3) is 5.91 Å². The number of carbonyl (C=O) groups is 1. The van der Waals surface area contributed by atoms with Gasteiger partial charge in [0, 0.05) is 26.7 Å². The third-order valence-corrected chi connectivity index (χ3v) is 3.24. The van der Waals surface area contributed by atoms with Gasteiger partial charge in [-0.25, -0.2) is 9.97 Å². The minimum atomic E-state index is -0.0897. The monoisotopic (exact) mass is 264 g/mol. The highest BCUT2D eigenvalue weighted by molar-refractivity contribution is 5.92. The van der Waals surface area contributed by atoms with Gasteiger partial charge in [-0.2, -0.15) is 0 Å². The molecule has 1 aliphatic heterocycles. The molecule has 0 radical (unpaired) electrons. The first kappa shape index (κ1) is 13.7. The van der Waals surface area contributed by atoms with Gasteiger partial charge < -0.3 is 15.0 Å². The van der Waals surface area contributed by atoms with Crippen LogP contribution in [0, 0.1) is 0 Å². The Morgan fingerprint density at radius 1 is 1.53 bits per heavy atom. The highest BCUT2D eigenvalue weighted by atomic mass is 16.5. The van der Waals surface area contributed by atoms with Gasteiger partial charge in [-0.15, -0.1) is 0 Å². The molecule has 1 N–H and O–H groups in total. The van der Waals surface area contributed by atoms with Crippen molar-refractivity contribution in [2.24, 2.45) is 0 Å². The lowest BCUT2D eigenvalue weighted by atomic mass is 10.2. The molecule has 2 rings (SSSR count). The van der Waals surface area contributed by atoms with Crippen molar-refractivity contribution < 1.29 is 9.53 Å². The molecule has 6 nitrogen and oxygen atoms in total. The number of nitrogens with zero attached hydrogens (tertiary/aromatic N) is 3. The molecule has 1 unspecified atom stereocenters. The molecule has 6 heteroatoms. The van der Waals surface area contributed by atoms with E-state index in [1.165, 1.54) is 6.20 Å². The van der Waals surface area contributed by atoms with E-state index in [2.05, 4.69) is 15.3 Å². The van der Waals surface area contributed by atoms with Crippen LogP contribution in [0.1, 0.15) is 30.3 Å². The number of anilines is 1. The van der Waals surface area contributed by atoms with Crippen LogP contribution in [0.5, 0.6) is 0 Å². The SMILES string of the molecule is CCN(CC1CCCO1)C(=O)c1cnc(NC)cn1. The summed E-state index contributed by atoms with van der Waals surface area (Å²) in [5, 5.41) is 2.88. The fourth-order valence-electron chi connectivity index (χ4n) is 2.12. The standard InChI is InChI=1S/C13H20N4O2/c1-3-17(9-10-5-4-6-19-10)13(18)11-7-16-12(14-2)8-15-11/h7-8,10H,3-6,9H2,1-2H3,(H,14,16). The summed E-state index contributed by atoms with van der Waals surface area (Å²) in [4.78, 5) is 22.3. The van der Waals surface area contributed by atoms with Crippen molar-refractivity contribution in [1.29, 1.82) is 0 Å². The third kappa shape index (κ3) is 3.41. The molecule has 0 aromatic carbocycles. The Balaban J connectivity index is 2.01. The first-order valence-electron chi connectivity index (χ1n) is 6.65. The summed E-state index contributed by atoms with van der Waals surface area (Å²) >= 11 is 0. The van der Waals surface area contributed by atoms with Gasteiger partial charge in [0.05, 0.1) is 18.5 Å². The van der Waals surface area contributed by atoms with Crippen molar-refractivity contribution in [1.82, 2.24) is 14.9 Å². The molecule has 104 valence electrons. The lowest BCUT2D eigenvalue weighted by Gasteiger charge is -2.23. The second kappa shape index (κ2) is 6.47. The molecule has 0 bridgehead atoms. The van der Waals surface area contributed by atoms with E-state index < -0.39 is 0 Å². The minimum Gasteiger partial charge on any atom is -0.376 e. The quantitative estimate of drug-likeness (QED) is 0.864. The van der Waals surface area contributed by atoms with Gasteiger partial charge in [-0.05, 0) is 19.8 Å². The number of carbonyl (C=O) groups excluding carboxylic acids is 1. The topological polar surface area (TPSA) is 67.3 Å². The number of ether oxygens (including phenoxy) is 1. The zero-order valence-electron chi connectivity index (χ0n) is 11.4. The maximum absolute atomic E-state index is 12.3. The average molecular weight is 264 g/mol. The van der Waals surface area contributed by atoms with E-state index >= 15 is 0 Å². The van der Waals surface area contributed by atoms with Crippen LogP contribution in [-0.4, -0.2) is 53.6 Å². The van der Waals surface area contributed by atoms with Gasteiger partial charge in [0.1, 0.15) is 11.5 Å². The maximum Gasteiger partial charge on any atom is 0.274 e. The van der Waals surface area contributed by atoms with Crippen molar-refractivity contribution in [3.8, 4) is 0 Å².